The number of rotatable bonds is 12. The topological polar surface area (TPSA) is 26.3 Å². The number of ether oxygens (including phenoxy) is 1. The van der Waals surface area contributed by atoms with Crippen LogP contribution in [0.15, 0.2) is 22.8 Å². The highest BCUT2D eigenvalue weighted by Gasteiger charge is 2.15. The average molecular weight is 349 g/mol. The second kappa shape index (κ2) is 14.2. The van der Waals surface area contributed by atoms with Gasteiger partial charge in [-0.3, -0.25) is 0 Å². The normalized spacial score (nSPS) is 17.0. The van der Waals surface area contributed by atoms with Gasteiger partial charge in [-0.2, -0.15) is 0 Å². The Morgan fingerprint density at radius 2 is 1.52 bits per heavy atom. The predicted molar refractivity (Wildman–Crippen MR) is 108 cm³/mol. The minimum atomic E-state index is -0.158. The molecule has 0 aromatic carbocycles. The van der Waals surface area contributed by atoms with Crippen LogP contribution in [0.25, 0.3) is 0 Å². The van der Waals surface area contributed by atoms with Crippen molar-refractivity contribution in [2.75, 3.05) is 6.61 Å². The molecular weight excluding hydrogens is 308 g/mol. The average Bonchev–Trinajstić information content (AvgIpc) is 2.78. The summed E-state index contributed by atoms with van der Waals surface area (Å²) >= 11 is 0. The van der Waals surface area contributed by atoms with Crippen LogP contribution in [-0.4, -0.2) is 12.6 Å². The van der Waals surface area contributed by atoms with Gasteiger partial charge < -0.3 is 4.74 Å². The van der Waals surface area contributed by atoms with Gasteiger partial charge in [0.1, 0.15) is 0 Å². The van der Waals surface area contributed by atoms with Gasteiger partial charge in [0, 0.05) is 6.08 Å². The molecule has 0 amide bonds. The van der Waals surface area contributed by atoms with E-state index in [4.69, 9.17) is 4.74 Å². The molecule has 0 bridgehead atoms. The van der Waals surface area contributed by atoms with Gasteiger partial charge >= 0.3 is 5.97 Å². The van der Waals surface area contributed by atoms with Crippen molar-refractivity contribution < 1.29 is 9.53 Å². The van der Waals surface area contributed by atoms with Crippen LogP contribution in [0.3, 0.4) is 0 Å². The second-order valence-electron chi connectivity index (χ2n) is 7.41. The summed E-state index contributed by atoms with van der Waals surface area (Å²) in [6.07, 6.45) is 19.4. The lowest BCUT2D eigenvalue weighted by atomic mass is 9.92. The number of unbranched alkanes of at least 4 members (excludes halogenated alkanes) is 6. The van der Waals surface area contributed by atoms with Crippen molar-refractivity contribution in [2.24, 2.45) is 0 Å². The van der Waals surface area contributed by atoms with Gasteiger partial charge in [0.25, 0.3) is 0 Å². The summed E-state index contributed by atoms with van der Waals surface area (Å²) in [6.45, 7) is 6.88. The van der Waals surface area contributed by atoms with E-state index in [-0.39, 0.29) is 5.97 Å². The standard InChI is InChI=1S/C23H40O2/c1-4-7-9-11-15-21-17-13-14-20(19-23(24)25-6-3)18-22(21)16-12-10-8-5-2/h19H,4-18H2,1-3H3/b20-19-. The molecule has 0 aromatic rings. The van der Waals surface area contributed by atoms with Gasteiger partial charge in [0.15, 0.2) is 0 Å². The van der Waals surface area contributed by atoms with Crippen molar-refractivity contribution in [1.82, 2.24) is 0 Å². The molecule has 0 heterocycles. The highest BCUT2D eigenvalue weighted by molar-refractivity contribution is 5.82. The van der Waals surface area contributed by atoms with Crippen LogP contribution in [0.4, 0.5) is 0 Å². The van der Waals surface area contributed by atoms with Crippen molar-refractivity contribution in [3.63, 3.8) is 0 Å². The van der Waals surface area contributed by atoms with E-state index in [0.29, 0.717) is 6.61 Å². The highest BCUT2D eigenvalue weighted by atomic mass is 16.5. The molecule has 0 aromatic heterocycles. The number of hydrogen-bond acceptors (Lipinski definition) is 2. The Morgan fingerprint density at radius 3 is 2.12 bits per heavy atom. The fourth-order valence-electron chi connectivity index (χ4n) is 3.76. The Hall–Kier alpha value is -1.05. The summed E-state index contributed by atoms with van der Waals surface area (Å²) < 4.78 is 5.12. The third kappa shape index (κ3) is 9.87. The highest BCUT2D eigenvalue weighted by Crippen LogP contribution is 2.33. The first-order chi connectivity index (χ1) is 12.2. The van der Waals surface area contributed by atoms with Gasteiger partial charge in [0.05, 0.1) is 6.61 Å². The van der Waals surface area contributed by atoms with E-state index in [1.54, 1.807) is 17.2 Å². The van der Waals surface area contributed by atoms with E-state index in [1.807, 2.05) is 6.92 Å². The smallest absolute Gasteiger partial charge is 0.330 e. The summed E-state index contributed by atoms with van der Waals surface area (Å²) in [4.78, 5) is 11.8. The zero-order chi connectivity index (χ0) is 18.3. The third-order valence-corrected chi connectivity index (χ3v) is 5.19. The molecule has 25 heavy (non-hydrogen) atoms. The van der Waals surface area contributed by atoms with Crippen molar-refractivity contribution in [3.05, 3.63) is 22.8 Å². The maximum Gasteiger partial charge on any atom is 0.330 e. The molecular formula is C23H40O2. The first-order valence-electron chi connectivity index (χ1n) is 10.8. The molecule has 0 saturated heterocycles. The summed E-state index contributed by atoms with van der Waals surface area (Å²) in [5.41, 5.74) is 4.63. The van der Waals surface area contributed by atoms with Crippen LogP contribution in [0.1, 0.15) is 111 Å². The second-order valence-corrected chi connectivity index (χ2v) is 7.41. The number of carbonyl (C=O) groups is 1. The van der Waals surface area contributed by atoms with E-state index in [1.165, 1.54) is 82.6 Å². The fraction of sp³-hybridized carbons (Fsp3) is 0.783. The lowest BCUT2D eigenvalue weighted by molar-refractivity contribution is -0.137. The molecule has 1 aliphatic carbocycles. The molecule has 1 aliphatic rings. The molecule has 0 atom stereocenters. The summed E-state index contributed by atoms with van der Waals surface area (Å²) in [5.74, 6) is -0.158. The maximum atomic E-state index is 11.8. The molecule has 1 rings (SSSR count). The van der Waals surface area contributed by atoms with E-state index in [2.05, 4.69) is 13.8 Å². The monoisotopic (exact) mass is 348 g/mol. The molecule has 0 N–H and O–H groups in total. The van der Waals surface area contributed by atoms with Crippen LogP contribution in [0, 0.1) is 0 Å². The minimum absolute atomic E-state index is 0.158. The summed E-state index contributed by atoms with van der Waals surface area (Å²) in [7, 11) is 0. The van der Waals surface area contributed by atoms with E-state index < -0.39 is 0 Å². The van der Waals surface area contributed by atoms with Crippen molar-refractivity contribution >= 4 is 5.97 Å². The largest absolute Gasteiger partial charge is 0.463 e. The molecule has 0 radical (unpaired) electrons. The minimum Gasteiger partial charge on any atom is -0.463 e. The molecule has 0 saturated carbocycles. The van der Waals surface area contributed by atoms with Crippen LogP contribution in [0.2, 0.25) is 0 Å². The quantitative estimate of drug-likeness (QED) is 0.160. The lowest BCUT2D eigenvalue weighted by Crippen LogP contribution is -2.02. The molecule has 2 heteroatoms. The number of hydrogen-bond donors (Lipinski definition) is 0. The Labute approximate surface area is 156 Å². The van der Waals surface area contributed by atoms with Crippen LogP contribution in [0.5, 0.6) is 0 Å². The van der Waals surface area contributed by atoms with Crippen molar-refractivity contribution in [1.29, 1.82) is 0 Å². The van der Waals surface area contributed by atoms with Gasteiger partial charge in [-0.1, -0.05) is 69.1 Å². The summed E-state index contributed by atoms with van der Waals surface area (Å²) in [5, 5.41) is 0. The van der Waals surface area contributed by atoms with Gasteiger partial charge in [-0.25, -0.2) is 4.79 Å². The number of esters is 1. The third-order valence-electron chi connectivity index (χ3n) is 5.19. The van der Waals surface area contributed by atoms with Crippen LogP contribution < -0.4 is 0 Å². The SMILES string of the molecule is CCCCCCC1=C(CCCCCC)C/C(=C\C(=O)OCC)CCC1. The number of carbonyl (C=O) groups excluding carboxylic acids is 1. The van der Waals surface area contributed by atoms with Crippen LogP contribution >= 0.6 is 0 Å². The molecule has 0 unspecified atom stereocenters. The Kier molecular flexibility index (Phi) is 12.5. The van der Waals surface area contributed by atoms with Gasteiger partial charge in [-0.15, -0.1) is 0 Å². The van der Waals surface area contributed by atoms with E-state index in [9.17, 15) is 4.79 Å². The Balaban J connectivity index is 2.74. The van der Waals surface area contributed by atoms with Crippen LogP contribution in [-0.2, 0) is 9.53 Å². The molecule has 0 aliphatic heterocycles. The number of allylic oxidation sites excluding steroid dienone is 3. The Bertz CT molecular complexity index is 431. The van der Waals surface area contributed by atoms with Gasteiger partial charge in [-0.05, 0) is 58.3 Å². The van der Waals surface area contributed by atoms with Crippen molar-refractivity contribution in [2.45, 2.75) is 111 Å². The molecule has 144 valence electrons. The van der Waals surface area contributed by atoms with E-state index in [0.717, 1.165) is 12.8 Å². The molecule has 0 spiro atoms. The Morgan fingerprint density at radius 1 is 0.880 bits per heavy atom. The zero-order valence-electron chi connectivity index (χ0n) is 17.0. The first-order valence-corrected chi connectivity index (χ1v) is 10.8. The molecule has 0 fully saturated rings. The molecule has 2 nitrogen and oxygen atoms in total. The van der Waals surface area contributed by atoms with E-state index >= 15 is 0 Å². The summed E-state index contributed by atoms with van der Waals surface area (Å²) in [6, 6.07) is 0. The van der Waals surface area contributed by atoms with Gasteiger partial charge in [0.2, 0.25) is 0 Å². The fourth-order valence-corrected chi connectivity index (χ4v) is 3.76. The van der Waals surface area contributed by atoms with Crippen molar-refractivity contribution in [3.8, 4) is 0 Å². The first kappa shape index (κ1) is 22.0. The predicted octanol–water partition coefficient (Wildman–Crippen LogP) is 7.29. The lowest BCUT2D eigenvalue weighted by Gasteiger charge is -2.14. The maximum absolute atomic E-state index is 11.8. The zero-order valence-corrected chi connectivity index (χ0v) is 17.0.